The molecule has 1 aliphatic rings. The van der Waals surface area contributed by atoms with Crippen molar-refractivity contribution in [3.63, 3.8) is 0 Å². The number of piperidine rings is 1. The van der Waals surface area contributed by atoms with E-state index in [2.05, 4.69) is 5.32 Å². The molecule has 33 heavy (non-hydrogen) atoms. The summed E-state index contributed by atoms with van der Waals surface area (Å²) < 4.78 is 91.9. The lowest BCUT2D eigenvalue weighted by Crippen LogP contribution is -2.43. The van der Waals surface area contributed by atoms with E-state index in [4.69, 9.17) is 0 Å². The van der Waals surface area contributed by atoms with Crippen LogP contribution in [0.15, 0.2) is 42.5 Å². The molecule has 0 radical (unpaired) electrons. The van der Waals surface area contributed by atoms with E-state index < -0.39 is 47.7 Å². The summed E-state index contributed by atoms with van der Waals surface area (Å²) in [5.41, 5.74) is -2.39. The van der Waals surface area contributed by atoms with Crippen molar-refractivity contribution in [2.75, 3.05) is 20.1 Å². The highest BCUT2D eigenvalue weighted by atomic mass is 35.5. The monoisotopic (exact) mass is 498 g/mol. The van der Waals surface area contributed by atoms with Gasteiger partial charge in [-0.05, 0) is 54.4 Å². The summed E-state index contributed by atoms with van der Waals surface area (Å²) in [5, 5.41) is 3.16. The van der Waals surface area contributed by atoms with Crippen molar-refractivity contribution in [1.29, 1.82) is 0 Å². The van der Waals surface area contributed by atoms with Crippen LogP contribution in [0, 0.1) is 11.7 Å². The zero-order valence-corrected chi connectivity index (χ0v) is 18.3. The molecule has 3 nitrogen and oxygen atoms in total. The zero-order valence-electron chi connectivity index (χ0n) is 17.4. The Morgan fingerprint density at radius 1 is 1.00 bits per heavy atom. The molecule has 1 N–H and O–H groups in total. The molecule has 1 heterocycles. The molecule has 0 bridgehead atoms. The van der Waals surface area contributed by atoms with Crippen LogP contribution in [0.1, 0.15) is 34.6 Å². The second kappa shape index (κ2) is 10.3. The first-order valence-electron chi connectivity index (χ1n) is 9.86. The maximum Gasteiger partial charge on any atom is 0.416 e. The zero-order chi connectivity index (χ0) is 23.7. The molecule has 3 rings (SSSR count). The molecule has 2 aromatic rings. The van der Waals surface area contributed by atoms with Crippen LogP contribution >= 0.6 is 12.4 Å². The highest BCUT2D eigenvalue weighted by Gasteiger charge is 2.38. The van der Waals surface area contributed by atoms with Gasteiger partial charge in [0, 0.05) is 32.0 Å². The van der Waals surface area contributed by atoms with Gasteiger partial charge in [-0.3, -0.25) is 4.79 Å². The maximum atomic E-state index is 13.3. The van der Waals surface area contributed by atoms with Gasteiger partial charge in [0.05, 0.1) is 11.1 Å². The average Bonchev–Trinajstić information content (AvgIpc) is 2.72. The Kier molecular flexibility index (Phi) is 8.40. The van der Waals surface area contributed by atoms with Crippen LogP contribution in [0.3, 0.4) is 0 Å². The molecule has 1 amide bonds. The van der Waals surface area contributed by atoms with Gasteiger partial charge in [-0.1, -0.05) is 12.1 Å². The minimum Gasteiger partial charge on any atom is -0.341 e. The molecule has 0 aromatic heterocycles. The van der Waals surface area contributed by atoms with Gasteiger partial charge in [0.1, 0.15) is 5.82 Å². The minimum absolute atomic E-state index is 0. The SMILES string of the molecule is CN(Cc1cc(C(F)(F)F)cc(C(F)(F)F)c1)C(=O)[C@H]1CCNC[C@H]1c1ccc(F)cc1.Cl. The molecule has 0 saturated carbocycles. The highest BCUT2D eigenvalue weighted by molar-refractivity contribution is 5.85. The molecule has 11 heteroatoms. The maximum absolute atomic E-state index is 13.3. The quantitative estimate of drug-likeness (QED) is 0.554. The molecule has 182 valence electrons. The van der Waals surface area contributed by atoms with Crippen LogP contribution in [-0.2, 0) is 23.7 Å². The summed E-state index contributed by atoms with van der Waals surface area (Å²) in [6.07, 6.45) is -9.48. The van der Waals surface area contributed by atoms with Gasteiger partial charge in [-0.2, -0.15) is 26.3 Å². The number of nitrogens with zero attached hydrogens (tertiary/aromatic N) is 1. The molecule has 1 aliphatic heterocycles. The van der Waals surface area contributed by atoms with Gasteiger partial charge < -0.3 is 10.2 Å². The number of nitrogens with one attached hydrogen (secondary N) is 1. The lowest BCUT2D eigenvalue weighted by Gasteiger charge is -2.34. The molecule has 1 fully saturated rings. The van der Waals surface area contributed by atoms with Crippen molar-refractivity contribution >= 4 is 18.3 Å². The van der Waals surface area contributed by atoms with Crippen molar-refractivity contribution < 1.29 is 35.5 Å². The van der Waals surface area contributed by atoms with Gasteiger partial charge in [0.15, 0.2) is 0 Å². The van der Waals surface area contributed by atoms with Gasteiger partial charge in [0.2, 0.25) is 5.91 Å². The summed E-state index contributed by atoms with van der Waals surface area (Å²) in [7, 11) is 1.35. The third-order valence-electron chi connectivity index (χ3n) is 5.54. The number of hydrogen-bond donors (Lipinski definition) is 1. The van der Waals surface area contributed by atoms with E-state index in [1.165, 1.54) is 19.2 Å². The number of rotatable bonds is 4. The smallest absolute Gasteiger partial charge is 0.341 e. The van der Waals surface area contributed by atoms with E-state index >= 15 is 0 Å². The van der Waals surface area contributed by atoms with E-state index in [0.717, 1.165) is 10.5 Å². The summed E-state index contributed by atoms with van der Waals surface area (Å²) >= 11 is 0. The normalized spacial score (nSPS) is 19.0. The van der Waals surface area contributed by atoms with E-state index in [9.17, 15) is 35.5 Å². The van der Waals surface area contributed by atoms with E-state index in [0.29, 0.717) is 31.6 Å². The molecule has 0 spiro atoms. The first-order valence-corrected chi connectivity index (χ1v) is 9.86. The number of carbonyl (C=O) groups excluding carboxylic acids is 1. The Bertz CT molecular complexity index is 928. The Labute approximate surface area is 192 Å². The molecule has 1 saturated heterocycles. The van der Waals surface area contributed by atoms with Crippen LogP contribution in [0.25, 0.3) is 0 Å². The fourth-order valence-corrected chi connectivity index (χ4v) is 3.96. The fourth-order valence-electron chi connectivity index (χ4n) is 3.96. The lowest BCUT2D eigenvalue weighted by molar-refractivity contribution is -0.143. The van der Waals surface area contributed by atoms with Crippen molar-refractivity contribution in [2.24, 2.45) is 5.92 Å². The number of hydrogen-bond acceptors (Lipinski definition) is 2. The number of amides is 1. The van der Waals surface area contributed by atoms with Crippen LogP contribution in [0.4, 0.5) is 30.7 Å². The molecular formula is C22H22ClF7N2O. The average molecular weight is 499 g/mol. The van der Waals surface area contributed by atoms with E-state index in [1.807, 2.05) is 0 Å². The third-order valence-corrected chi connectivity index (χ3v) is 5.54. The lowest BCUT2D eigenvalue weighted by atomic mass is 9.80. The van der Waals surface area contributed by atoms with Gasteiger partial charge in [-0.25, -0.2) is 4.39 Å². The van der Waals surface area contributed by atoms with Crippen molar-refractivity contribution in [2.45, 2.75) is 31.2 Å². The number of halogens is 8. The van der Waals surface area contributed by atoms with Crippen LogP contribution in [-0.4, -0.2) is 30.9 Å². The molecule has 2 atom stereocenters. The summed E-state index contributed by atoms with van der Waals surface area (Å²) in [5.74, 6) is -1.67. The van der Waals surface area contributed by atoms with Crippen LogP contribution < -0.4 is 5.32 Å². The fraction of sp³-hybridized carbons (Fsp3) is 0.409. The number of alkyl halides is 6. The topological polar surface area (TPSA) is 32.3 Å². The third kappa shape index (κ3) is 6.60. The summed E-state index contributed by atoms with van der Waals surface area (Å²) in [6, 6.07) is 6.98. The standard InChI is InChI=1S/C22H21F7N2O.ClH/c1-31(12-13-8-15(21(24,25)26)10-16(9-13)22(27,28)29)20(32)18-6-7-30-11-19(18)14-2-4-17(23)5-3-14;/h2-5,8-10,18-19,30H,6-7,11-12H2,1H3;1H/t18-,19-;/m0./s1. The van der Waals surface area contributed by atoms with Crippen molar-refractivity contribution in [3.05, 3.63) is 70.5 Å². The first-order chi connectivity index (χ1) is 14.9. The molecule has 2 aromatic carbocycles. The highest BCUT2D eigenvalue weighted by Crippen LogP contribution is 2.37. The predicted molar refractivity (Wildman–Crippen MR) is 110 cm³/mol. The molecule has 0 unspecified atom stereocenters. The van der Waals surface area contributed by atoms with Gasteiger partial charge >= 0.3 is 12.4 Å². The van der Waals surface area contributed by atoms with Crippen molar-refractivity contribution in [1.82, 2.24) is 10.2 Å². The second-order valence-electron chi connectivity index (χ2n) is 7.87. The summed E-state index contributed by atoms with van der Waals surface area (Å²) in [4.78, 5) is 14.2. The van der Waals surface area contributed by atoms with Crippen molar-refractivity contribution in [3.8, 4) is 0 Å². The first kappa shape index (κ1) is 26.9. The van der Waals surface area contributed by atoms with Gasteiger partial charge in [0.25, 0.3) is 0 Å². The van der Waals surface area contributed by atoms with Crippen LogP contribution in [0.2, 0.25) is 0 Å². The second-order valence-corrected chi connectivity index (χ2v) is 7.87. The van der Waals surface area contributed by atoms with Gasteiger partial charge in [-0.15, -0.1) is 12.4 Å². The number of benzene rings is 2. The Balaban J connectivity index is 0.00000385. The number of carbonyl (C=O) groups is 1. The van der Waals surface area contributed by atoms with Crippen LogP contribution in [0.5, 0.6) is 0 Å². The minimum atomic E-state index is -4.96. The molecular weight excluding hydrogens is 477 g/mol. The Morgan fingerprint density at radius 3 is 2.06 bits per heavy atom. The van der Waals surface area contributed by atoms with E-state index in [-0.39, 0.29) is 30.0 Å². The molecule has 0 aliphatic carbocycles. The Morgan fingerprint density at radius 2 is 1.55 bits per heavy atom. The largest absolute Gasteiger partial charge is 0.416 e. The Hall–Kier alpha value is -2.33. The predicted octanol–water partition coefficient (Wildman–Crippen LogP) is 5.64. The van der Waals surface area contributed by atoms with E-state index in [1.54, 1.807) is 12.1 Å². The summed E-state index contributed by atoms with van der Waals surface area (Å²) in [6.45, 7) is 0.563.